The Morgan fingerprint density at radius 2 is 1.62 bits per heavy atom. The van der Waals surface area contributed by atoms with Crippen LogP contribution in [0.2, 0.25) is 0 Å². The van der Waals surface area contributed by atoms with Crippen molar-refractivity contribution in [2.45, 2.75) is 18.9 Å². The number of allylic oxidation sites excluding steroid dienone is 2. The SMILES string of the molecule is CC1([C@H]2[C@H](C(=O)O)[C@H](c3ccccc3[N+](=O)[O-])[C@H]2C(=O)Oc2cccc3ccccc23)C=CC=CC1[N+](=O)[O-]. The number of benzene rings is 3. The van der Waals surface area contributed by atoms with Crippen LogP contribution in [0.5, 0.6) is 5.75 Å². The van der Waals surface area contributed by atoms with Crippen molar-refractivity contribution < 1.29 is 29.3 Å². The molecular weight excluding hydrogens is 504 g/mol. The number of hydrogen-bond acceptors (Lipinski definition) is 7. The van der Waals surface area contributed by atoms with Crippen molar-refractivity contribution >= 4 is 28.4 Å². The van der Waals surface area contributed by atoms with Crippen LogP contribution in [0.3, 0.4) is 0 Å². The van der Waals surface area contributed by atoms with E-state index in [2.05, 4.69) is 0 Å². The number of nitro benzene ring substituents is 1. The fourth-order valence-corrected chi connectivity index (χ4v) is 6.25. The highest BCUT2D eigenvalue weighted by atomic mass is 16.6. The molecule has 2 aliphatic rings. The Bertz CT molecular complexity index is 1560. The second-order valence-electron chi connectivity index (χ2n) is 10.00. The highest BCUT2D eigenvalue weighted by Gasteiger charge is 2.68. The van der Waals surface area contributed by atoms with Crippen molar-refractivity contribution in [1.29, 1.82) is 0 Å². The van der Waals surface area contributed by atoms with Gasteiger partial charge in [-0.15, -0.1) is 0 Å². The van der Waals surface area contributed by atoms with Crippen molar-refractivity contribution in [3.8, 4) is 5.75 Å². The maximum absolute atomic E-state index is 13.9. The lowest BCUT2D eigenvalue weighted by molar-refractivity contribution is -0.529. The number of aliphatic carboxylic acids is 1. The first-order valence-electron chi connectivity index (χ1n) is 12.3. The highest BCUT2D eigenvalue weighted by molar-refractivity contribution is 5.92. The van der Waals surface area contributed by atoms with Gasteiger partial charge in [-0.25, -0.2) is 0 Å². The summed E-state index contributed by atoms with van der Waals surface area (Å²) in [6.45, 7) is 1.55. The topological polar surface area (TPSA) is 150 Å². The predicted octanol–water partition coefficient (Wildman–Crippen LogP) is 5.16. The Morgan fingerprint density at radius 3 is 2.33 bits per heavy atom. The van der Waals surface area contributed by atoms with E-state index in [1.165, 1.54) is 36.4 Å². The minimum Gasteiger partial charge on any atom is -0.481 e. The van der Waals surface area contributed by atoms with Crippen molar-refractivity contribution in [2.24, 2.45) is 23.2 Å². The lowest BCUT2D eigenvalue weighted by Crippen LogP contribution is -2.62. The van der Waals surface area contributed by atoms with Gasteiger partial charge in [-0.1, -0.05) is 72.8 Å². The number of rotatable bonds is 7. The Hall–Kier alpha value is -4.86. The summed E-state index contributed by atoms with van der Waals surface area (Å²) in [6, 6.07) is 16.7. The summed E-state index contributed by atoms with van der Waals surface area (Å²) in [4.78, 5) is 49.4. The van der Waals surface area contributed by atoms with E-state index in [0.717, 1.165) is 5.39 Å². The minimum absolute atomic E-state index is 0.0719. The van der Waals surface area contributed by atoms with E-state index in [4.69, 9.17) is 4.74 Å². The first-order valence-corrected chi connectivity index (χ1v) is 12.3. The van der Waals surface area contributed by atoms with Crippen molar-refractivity contribution in [3.63, 3.8) is 0 Å². The maximum atomic E-state index is 13.9. The number of fused-ring (bicyclic) bond motifs is 1. The maximum Gasteiger partial charge on any atom is 0.315 e. The minimum atomic E-state index is -1.39. The summed E-state index contributed by atoms with van der Waals surface area (Å²) in [5.41, 5.74) is -1.64. The molecule has 0 aliphatic heterocycles. The van der Waals surface area contributed by atoms with E-state index in [-0.39, 0.29) is 17.0 Å². The number of para-hydroxylation sites is 1. The monoisotopic (exact) mass is 528 g/mol. The van der Waals surface area contributed by atoms with E-state index < -0.39 is 56.9 Å². The number of carbonyl (C=O) groups excluding carboxylic acids is 1. The first-order chi connectivity index (χ1) is 18.6. The number of nitro groups is 2. The zero-order valence-corrected chi connectivity index (χ0v) is 20.7. The number of carboxylic acid groups (broad SMARTS) is 1. The second kappa shape index (κ2) is 9.79. The van der Waals surface area contributed by atoms with Gasteiger partial charge in [-0.3, -0.25) is 29.8 Å². The van der Waals surface area contributed by atoms with Crippen LogP contribution in [-0.4, -0.2) is 32.9 Å². The van der Waals surface area contributed by atoms with Crippen LogP contribution in [0.4, 0.5) is 5.69 Å². The average molecular weight is 529 g/mol. The van der Waals surface area contributed by atoms with Crippen LogP contribution in [0.15, 0.2) is 91.0 Å². The van der Waals surface area contributed by atoms with Crippen LogP contribution in [0.25, 0.3) is 10.8 Å². The largest absolute Gasteiger partial charge is 0.481 e. The van der Waals surface area contributed by atoms with Gasteiger partial charge in [0, 0.05) is 33.8 Å². The predicted molar refractivity (Wildman–Crippen MR) is 141 cm³/mol. The van der Waals surface area contributed by atoms with Crippen LogP contribution >= 0.6 is 0 Å². The van der Waals surface area contributed by atoms with Gasteiger partial charge >= 0.3 is 11.9 Å². The molecule has 1 saturated carbocycles. The van der Waals surface area contributed by atoms with Gasteiger partial charge in [0.1, 0.15) is 5.75 Å². The van der Waals surface area contributed by atoms with Crippen LogP contribution in [-0.2, 0) is 9.59 Å². The normalized spacial score (nSPS) is 27.5. The molecule has 2 unspecified atom stereocenters. The van der Waals surface area contributed by atoms with E-state index in [1.54, 1.807) is 43.3 Å². The molecule has 6 atom stereocenters. The molecule has 3 aromatic carbocycles. The Kier molecular flexibility index (Phi) is 6.47. The molecule has 3 aromatic rings. The molecule has 1 fully saturated rings. The molecular formula is C29H24N2O8. The van der Waals surface area contributed by atoms with Crippen molar-refractivity contribution in [1.82, 2.24) is 0 Å². The van der Waals surface area contributed by atoms with Gasteiger partial charge in [-0.05, 0) is 24.5 Å². The van der Waals surface area contributed by atoms with E-state index in [9.17, 15) is 34.9 Å². The molecule has 0 bridgehead atoms. The number of hydrogen-bond donors (Lipinski definition) is 1. The van der Waals surface area contributed by atoms with Gasteiger partial charge in [0.25, 0.3) is 5.69 Å². The molecule has 0 spiro atoms. The molecule has 0 amide bonds. The standard InChI is InChI=1S/C29H24N2O8/c1-29(16-7-6-15-22(29)31(37)38)26-24(27(32)33)23(19-12-4-5-13-20(19)30(35)36)25(26)28(34)39-21-14-8-10-17-9-2-3-11-18(17)21/h2-16,22-26H,1H3,(H,32,33)/t22?,23-,24+,25+,26-,29?/m0/s1. The Labute approximate surface area is 222 Å². The zero-order chi connectivity index (χ0) is 27.9. The molecule has 5 rings (SSSR count). The molecule has 1 N–H and O–H groups in total. The third kappa shape index (κ3) is 4.23. The second-order valence-corrected chi connectivity index (χ2v) is 10.00. The van der Waals surface area contributed by atoms with Crippen molar-refractivity contribution in [3.05, 3.63) is 117 Å². The summed E-state index contributed by atoms with van der Waals surface area (Å²) in [5.74, 6) is -6.62. The lowest BCUT2D eigenvalue weighted by atomic mass is 9.45. The summed E-state index contributed by atoms with van der Waals surface area (Å²) in [7, 11) is 0. The first kappa shape index (κ1) is 25.8. The summed E-state index contributed by atoms with van der Waals surface area (Å²) >= 11 is 0. The molecule has 2 aliphatic carbocycles. The van der Waals surface area contributed by atoms with E-state index in [1.807, 2.05) is 18.2 Å². The zero-order valence-electron chi connectivity index (χ0n) is 20.7. The van der Waals surface area contributed by atoms with Gasteiger partial charge in [0.05, 0.1) is 22.2 Å². The Morgan fingerprint density at radius 1 is 0.923 bits per heavy atom. The smallest absolute Gasteiger partial charge is 0.315 e. The quantitative estimate of drug-likeness (QED) is 0.191. The number of nitrogens with zero attached hydrogens (tertiary/aromatic N) is 2. The lowest BCUT2D eigenvalue weighted by Gasteiger charge is -2.55. The van der Waals surface area contributed by atoms with Crippen LogP contribution < -0.4 is 4.74 Å². The van der Waals surface area contributed by atoms with E-state index in [0.29, 0.717) is 5.39 Å². The van der Waals surface area contributed by atoms with Gasteiger partial charge in [0.15, 0.2) is 0 Å². The number of ether oxygens (including phenoxy) is 1. The third-order valence-electron chi connectivity index (χ3n) is 8.00. The Balaban J connectivity index is 1.65. The summed E-state index contributed by atoms with van der Waals surface area (Å²) in [5, 5.41) is 35.7. The van der Waals surface area contributed by atoms with E-state index >= 15 is 0 Å². The molecule has 0 aromatic heterocycles. The molecule has 0 radical (unpaired) electrons. The van der Waals surface area contributed by atoms with Crippen LogP contribution in [0.1, 0.15) is 18.4 Å². The number of carboxylic acids is 1. The molecule has 39 heavy (non-hydrogen) atoms. The summed E-state index contributed by atoms with van der Waals surface area (Å²) < 4.78 is 5.86. The molecule has 10 heteroatoms. The average Bonchev–Trinajstić information content (AvgIpc) is 2.88. The number of carbonyl (C=O) groups is 2. The fourth-order valence-electron chi connectivity index (χ4n) is 6.25. The fraction of sp³-hybridized carbons (Fsp3) is 0.241. The molecule has 10 nitrogen and oxygen atoms in total. The third-order valence-corrected chi connectivity index (χ3v) is 8.00. The number of esters is 1. The molecule has 0 saturated heterocycles. The van der Waals surface area contributed by atoms with Crippen molar-refractivity contribution in [2.75, 3.05) is 0 Å². The highest BCUT2D eigenvalue weighted by Crippen LogP contribution is 2.62. The van der Waals surface area contributed by atoms with Gasteiger partial charge in [0.2, 0.25) is 6.04 Å². The molecule has 0 heterocycles. The van der Waals surface area contributed by atoms with Gasteiger partial charge < -0.3 is 9.84 Å². The van der Waals surface area contributed by atoms with Crippen LogP contribution in [0, 0.1) is 43.4 Å². The summed E-state index contributed by atoms with van der Waals surface area (Å²) in [6.07, 6.45) is 6.01. The van der Waals surface area contributed by atoms with Gasteiger partial charge in [-0.2, -0.15) is 0 Å². The molecule has 198 valence electrons.